The summed E-state index contributed by atoms with van der Waals surface area (Å²) in [5.41, 5.74) is 1.06. The quantitative estimate of drug-likeness (QED) is 0.789. The van der Waals surface area contributed by atoms with Gasteiger partial charge in [0.25, 0.3) is 0 Å². The van der Waals surface area contributed by atoms with Crippen molar-refractivity contribution in [1.29, 1.82) is 0 Å². The number of pyridine rings is 1. The Morgan fingerprint density at radius 1 is 1.29 bits per heavy atom. The van der Waals surface area contributed by atoms with Crippen LogP contribution in [0.15, 0.2) is 12.3 Å². The minimum absolute atomic E-state index is 0.286. The van der Waals surface area contributed by atoms with E-state index in [1.54, 1.807) is 6.20 Å². The lowest BCUT2D eigenvalue weighted by Crippen LogP contribution is -2.28. The van der Waals surface area contributed by atoms with Crippen molar-refractivity contribution in [2.45, 2.75) is 59.1 Å². The minimum Gasteiger partial charge on any atom is -0.474 e. The first-order chi connectivity index (χ1) is 10.1. The van der Waals surface area contributed by atoms with Crippen LogP contribution in [-0.2, 0) is 6.54 Å². The monoisotopic (exact) mass is 310 g/mol. The van der Waals surface area contributed by atoms with Crippen LogP contribution in [0.5, 0.6) is 5.88 Å². The molecule has 0 bridgehead atoms. The molecule has 1 aromatic rings. The van der Waals surface area contributed by atoms with Gasteiger partial charge in [0.1, 0.15) is 6.10 Å². The molecule has 1 heterocycles. The molecule has 1 aliphatic rings. The van der Waals surface area contributed by atoms with Gasteiger partial charge < -0.3 is 10.1 Å². The second-order valence-corrected chi connectivity index (χ2v) is 6.86. The zero-order valence-corrected chi connectivity index (χ0v) is 14.1. The summed E-state index contributed by atoms with van der Waals surface area (Å²) in [4.78, 5) is 4.33. The Kier molecular flexibility index (Phi) is 6.31. The largest absolute Gasteiger partial charge is 0.474 e. The smallest absolute Gasteiger partial charge is 0.213 e. The highest BCUT2D eigenvalue weighted by molar-refractivity contribution is 6.31. The van der Waals surface area contributed by atoms with Gasteiger partial charge in [-0.05, 0) is 49.6 Å². The van der Waals surface area contributed by atoms with Crippen molar-refractivity contribution >= 4 is 11.6 Å². The fourth-order valence-corrected chi connectivity index (χ4v) is 3.37. The van der Waals surface area contributed by atoms with Gasteiger partial charge in [0, 0.05) is 18.8 Å². The first-order valence-electron chi connectivity index (χ1n) is 8.10. The maximum Gasteiger partial charge on any atom is 0.213 e. The lowest BCUT2D eigenvalue weighted by atomic mass is 9.82. The van der Waals surface area contributed by atoms with E-state index >= 15 is 0 Å². The molecule has 0 amide bonds. The molecule has 2 unspecified atom stereocenters. The third-order valence-electron chi connectivity index (χ3n) is 4.07. The molecule has 0 spiro atoms. The summed E-state index contributed by atoms with van der Waals surface area (Å²) in [5.74, 6) is 2.17. The van der Waals surface area contributed by atoms with Gasteiger partial charge in [-0.1, -0.05) is 32.4 Å². The van der Waals surface area contributed by atoms with Crippen LogP contribution in [0.4, 0.5) is 0 Å². The van der Waals surface area contributed by atoms with Crippen LogP contribution in [0.3, 0.4) is 0 Å². The Hall–Kier alpha value is -0.800. The standard InChI is InChI=1S/C17H27ClN2O/c1-4-5-19-10-14-9-17(20-11-16(14)18)21-15-7-12(2)6-13(3)8-15/h9,11-13,15,19H,4-8,10H2,1-3H3. The highest BCUT2D eigenvalue weighted by Crippen LogP contribution is 2.31. The third kappa shape index (κ3) is 5.15. The van der Waals surface area contributed by atoms with Crippen LogP contribution in [-0.4, -0.2) is 17.6 Å². The van der Waals surface area contributed by atoms with Crippen LogP contribution in [0.25, 0.3) is 0 Å². The molecule has 1 saturated carbocycles. The molecule has 0 aliphatic heterocycles. The predicted octanol–water partition coefficient (Wildman–Crippen LogP) is 4.44. The number of rotatable bonds is 6. The third-order valence-corrected chi connectivity index (χ3v) is 4.41. The van der Waals surface area contributed by atoms with Gasteiger partial charge >= 0.3 is 0 Å². The number of ether oxygens (including phenoxy) is 1. The SMILES string of the molecule is CCCNCc1cc(OC2CC(C)CC(C)C2)ncc1Cl. The van der Waals surface area contributed by atoms with Gasteiger partial charge in [0.15, 0.2) is 0 Å². The minimum atomic E-state index is 0.286. The second kappa shape index (κ2) is 8.00. The summed E-state index contributed by atoms with van der Waals surface area (Å²) >= 11 is 6.21. The topological polar surface area (TPSA) is 34.1 Å². The van der Waals surface area contributed by atoms with Crippen molar-refractivity contribution < 1.29 is 4.74 Å². The summed E-state index contributed by atoms with van der Waals surface area (Å²) < 4.78 is 6.10. The van der Waals surface area contributed by atoms with Crippen LogP contribution >= 0.6 is 11.6 Å². The van der Waals surface area contributed by atoms with E-state index in [0.29, 0.717) is 10.9 Å². The van der Waals surface area contributed by atoms with E-state index in [2.05, 4.69) is 31.1 Å². The molecule has 0 saturated heterocycles. The molecule has 0 aromatic carbocycles. The fraction of sp³-hybridized carbons (Fsp3) is 0.706. The van der Waals surface area contributed by atoms with E-state index in [0.717, 1.165) is 49.8 Å². The van der Waals surface area contributed by atoms with Gasteiger partial charge in [0.05, 0.1) is 5.02 Å². The molecule has 2 atom stereocenters. The average molecular weight is 311 g/mol. The van der Waals surface area contributed by atoms with Crippen molar-refractivity contribution in [3.63, 3.8) is 0 Å². The van der Waals surface area contributed by atoms with Crippen LogP contribution in [0.1, 0.15) is 52.0 Å². The maximum atomic E-state index is 6.21. The summed E-state index contributed by atoms with van der Waals surface area (Å²) in [6.45, 7) is 8.53. The molecule has 3 nitrogen and oxygen atoms in total. The van der Waals surface area contributed by atoms with Crippen molar-refractivity contribution in [2.75, 3.05) is 6.54 Å². The Morgan fingerprint density at radius 2 is 2.00 bits per heavy atom. The van der Waals surface area contributed by atoms with E-state index in [1.807, 2.05) is 6.07 Å². The predicted molar refractivity (Wildman–Crippen MR) is 87.8 cm³/mol. The lowest BCUT2D eigenvalue weighted by molar-refractivity contribution is 0.0966. The highest BCUT2D eigenvalue weighted by atomic mass is 35.5. The van der Waals surface area contributed by atoms with E-state index in [1.165, 1.54) is 6.42 Å². The lowest BCUT2D eigenvalue weighted by Gasteiger charge is -2.31. The van der Waals surface area contributed by atoms with Crippen LogP contribution in [0, 0.1) is 11.8 Å². The molecule has 0 radical (unpaired) electrons. The van der Waals surface area contributed by atoms with Crippen molar-refractivity contribution in [2.24, 2.45) is 11.8 Å². The molecule has 1 N–H and O–H groups in total. The first kappa shape index (κ1) is 16.6. The molecule has 118 valence electrons. The summed E-state index contributed by atoms with van der Waals surface area (Å²) in [7, 11) is 0. The van der Waals surface area contributed by atoms with Crippen LogP contribution < -0.4 is 10.1 Å². The van der Waals surface area contributed by atoms with Crippen molar-refractivity contribution in [3.8, 4) is 5.88 Å². The van der Waals surface area contributed by atoms with Gasteiger partial charge in [0.2, 0.25) is 5.88 Å². The molecular weight excluding hydrogens is 284 g/mol. The normalized spacial score (nSPS) is 25.8. The van der Waals surface area contributed by atoms with E-state index in [-0.39, 0.29) is 6.10 Å². The average Bonchev–Trinajstić information content (AvgIpc) is 2.41. The number of nitrogens with one attached hydrogen (secondary N) is 1. The fourth-order valence-electron chi connectivity index (χ4n) is 3.20. The Bertz CT molecular complexity index is 442. The van der Waals surface area contributed by atoms with E-state index in [4.69, 9.17) is 16.3 Å². The highest BCUT2D eigenvalue weighted by Gasteiger charge is 2.25. The Labute approximate surface area is 133 Å². The molecule has 1 aliphatic carbocycles. The van der Waals surface area contributed by atoms with Crippen molar-refractivity contribution in [1.82, 2.24) is 10.3 Å². The zero-order valence-electron chi connectivity index (χ0n) is 13.4. The van der Waals surface area contributed by atoms with Crippen molar-refractivity contribution in [3.05, 3.63) is 22.8 Å². The molecular formula is C17H27ClN2O. The Balaban J connectivity index is 1.98. The second-order valence-electron chi connectivity index (χ2n) is 6.45. The van der Waals surface area contributed by atoms with E-state index in [9.17, 15) is 0 Å². The molecule has 1 fully saturated rings. The summed E-state index contributed by atoms with van der Waals surface area (Å²) in [6.07, 6.45) is 6.66. The Morgan fingerprint density at radius 3 is 2.67 bits per heavy atom. The zero-order chi connectivity index (χ0) is 15.2. The van der Waals surface area contributed by atoms with Gasteiger partial charge in [-0.2, -0.15) is 0 Å². The molecule has 21 heavy (non-hydrogen) atoms. The van der Waals surface area contributed by atoms with Gasteiger partial charge in [-0.3, -0.25) is 0 Å². The number of halogens is 1. The van der Waals surface area contributed by atoms with Gasteiger partial charge in [-0.25, -0.2) is 4.98 Å². The number of hydrogen-bond donors (Lipinski definition) is 1. The number of nitrogens with zero attached hydrogens (tertiary/aromatic N) is 1. The number of aromatic nitrogens is 1. The summed E-state index contributed by atoms with van der Waals surface area (Å²) in [5, 5.41) is 4.07. The summed E-state index contributed by atoms with van der Waals surface area (Å²) in [6, 6.07) is 1.98. The maximum absolute atomic E-state index is 6.21. The first-order valence-corrected chi connectivity index (χ1v) is 8.48. The molecule has 4 heteroatoms. The molecule has 1 aromatic heterocycles. The van der Waals surface area contributed by atoms with Gasteiger partial charge in [-0.15, -0.1) is 0 Å². The van der Waals surface area contributed by atoms with Crippen LogP contribution in [0.2, 0.25) is 5.02 Å². The number of hydrogen-bond acceptors (Lipinski definition) is 3. The van der Waals surface area contributed by atoms with E-state index < -0.39 is 0 Å². The molecule has 2 rings (SSSR count).